The van der Waals surface area contributed by atoms with Gasteiger partial charge in [-0.3, -0.25) is 0 Å². The number of nitrogen functional groups attached to an aromatic ring is 1. The average molecular weight is 201 g/mol. The number of para-hydroxylation sites is 1. The van der Waals surface area contributed by atoms with Crippen LogP contribution in [0.3, 0.4) is 0 Å². The van der Waals surface area contributed by atoms with E-state index in [4.69, 9.17) is 10.5 Å². The van der Waals surface area contributed by atoms with Gasteiger partial charge in [0.2, 0.25) is 0 Å². The highest BCUT2D eigenvalue weighted by Gasteiger charge is 2.06. The highest BCUT2D eigenvalue weighted by Crippen LogP contribution is 2.26. The number of rotatable bonds is 2. The molecule has 0 saturated carbocycles. The van der Waals surface area contributed by atoms with E-state index in [-0.39, 0.29) is 0 Å². The van der Waals surface area contributed by atoms with Crippen molar-refractivity contribution >= 4 is 5.69 Å². The minimum atomic E-state index is 0.550. The van der Waals surface area contributed by atoms with Crippen LogP contribution in [0.2, 0.25) is 0 Å². The molecular weight excluding hydrogens is 190 g/mol. The lowest BCUT2D eigenvalue weighted by Crippen LogP contribution is -1.94. The molecule has 0 aliphatic rings. The number of nitrogens with zero attached hydrogens (tertiary/aromatic N) is 2. The maximum atomic E-state index is 5.52. The summed E-state index contributed by atoms with van der Waals surface area (Å²) in [6.07, 6.45) is 3.16. The van der Waals surface area contributed by atoms with E-state index in [2.05, 4.69) is 9.97 Å². The van der Waals surface area contributed by atoms with Crippen LogP contribution in [0.25, 0.3) is 11.4 Å². The fourth-order valence-electron chi connectivity index (χ4n) is 1.31. The number of hydrogen-bond acceptors (Lipinski definition) is 4. The summed E-state index contributed by atoms with van der Waals surface area (Å²) in [5, 5.41) is 0. The lowest BCUT2D eigenvalue weighted by atomic mass is 10.2. The Morgan fingerprint density at radius 3 is 2.47 bits per heavy atom. The Morgan fingerprint density at radius 2 is 1.80 bits per heavy atom. The summed E-state index contributed by atoms with van der Waals surface area (Å²) in [4.78, 5) is 8.28. The molecule has 0 bridgehead atoms. The smallest absolute Gasteiger partial charge is 0.163 e. The molecule has 15 heavy (non-hydrogen) atoms. The Kier molecular flexibility index (Phi) is 2.49. The monoisotopic (exact) mass is 201 g/mol. The zero-order valence-electron chi connectivity index (χ0n) is 8.34. The maximum Gasteiger partial charge on any atom is 0.163 e. The number of benzene rings is 1. The molecule has 2 aromatic rings. The third-order valence-corrected chi connectivity index (χ3v) is 2.02. The summed E-state index contributed by atoms with van der Waals surface area (Å²) in [7, 11) is 1.62. The molecule has 1 aromatic heterocycles. The second-order valence-corrected chi connectivity index (χ2v) is 3.04. The summed E-state index contributed by atoms with van der Waals surface area (Å²) in [6.45, 7) is 0. The molecular formula is C11H11N3O. The van der Waals surface area contributed by atoms with Gasteiger partial charge in [-0.25, -0.2) is 9.97 Å². The van der Waals surface area contributed by atoms with E-state index in [1.807, 2.05) is 24.3 Å². The Hall–Kier alpha value is -2.10. The molecule has 0 fully saturated rings. The van der Waals surface area contributed by atoms with E-state index in [0.717, 1.165) is 11.3 Å². The fourth-order valence-corrected chi connectivity index (χ4v) is 1.31. The Labute approximate surface area is 87.7 Å². The van der Waals surface area contributed by atoms with Gasteiger partial charge in [-0.2, -0.15) is 0 Å². The van der Waals surface area contributed by atoms with Gasteiger partial charge in [-0.1, -0.05) is 12.1 Å². The summed E-state index contributed by atoms with van der Waals surface area (Å²) in [5.74, 6) is 1.36. The largest absolute Gasteiger partial charge is 0.496 e. The van der Waals surface area contributed by atoms with Crippen molar-refractivity contribution in [1.29, 1.82) is 0 Å². The van der Waals surface area contributed by atoms with Gasteiger partial charge in [-0.15, -0.1) is 0 Å². The van der Waals surface area contributed by atoms with Crippen molar-refractivity contribution in [1.82, 2.24) is 9.97 Å². The molecule has 0 aliphatic heterocycles. The molecule has 0 unspecified atom stereocenters. The van der Waals surface area contributed by atoms with E-state index in [9.17, 15) is 0 Å². The van der Waals surface area contributed by atoms with Crippen LogP contribution >= 0.6 is 0 Å². The van der Waals surface area contributed by atoms with Gasteiger partial charge in [0.05, 0.1) is 30.8 Å². The predicted molar refractivity (Wildman–Crippen MR) is 58.4 cm³/mol. The number of ether oxygens (including phenoxy) is 1. The van der Waals surface area contributed by atoms with Gasteiger partial charge < -0.3 is 10.5 Å². The topological polar surface area (TPSA) is 61.0 Å². The first-order valence-electron chi connectivity index (χ1n) is 4.52. The van der Waals surface area contributed by atoms with E-state index in [1.165, 1.54) is 0 Å². The first-order chi connectivity index (χ1) is 7.31. The molecule has 1 aromatic carbocycles. The summed E-state index contributed by atoms with van der Waals surface area (Å²) in [6, 6.07) is 7.59. The van der Waals surface area contributed by atoms with Crippen molar-refractivity contribution in [2.45, 2.75) is 0 Å². The van der Waals surface area contributed by atoms with E-state index >= 15 is 0 Å². The first kappa shape index (κ1) is 9.45. The SMILES string of the molecule is COc1ccccc1-c1ncc(N)cn1. The van der Waals surface area contributed by atoms with Crippen LogP contribution in [0.15, 0.2) is 36.7 Å². The highest BCUT2D eigenvalue weighted by molar-refractivity contribution is 5.64. The standard InChI is InChI=1S/C11H11N3O/c1-15-10-5-3-2-4-9(10)11-13-6-8(12)7-14-11/h2-7H,12H2,1H3. The Balaban J connectivity index is 2.49. The van der Waals surface area contributed by atoms with Crippen molar-refractivity contribution < 1.29 is 4.74 Å². The van der Waals surface area contributed by atoms with Crippen LogP contribution in [-0.4, -0.2) is 17.1 Å². The minimum Gasteiger partial charge on any atom is -0.496 e. The lowest BCUT2D eigenvalue weighted by molar-refractivity contribution is 0.416. The first-order valence-corrected chi connectivity index (χ1v) is 4.52. The average Bonchev–Trinajstić information content (AvgIpc) is 2.30. The van der Waals surface area contributed by atoms with Gasteiger partial charge in [0.1, 0.15) is 5.75 Å². The third-order valence-electron chi connectivity index (χ3n) is 2.02. The molecule has 4 heteroatoms. The molecule has 1 heterocycles. The van der Waals surface area contributed by atoms with Crippen LogP contribution in [0.4, 0.5) is 5.69 Å². The normalized spacial score (nSPS) is 9.93. The number of aromatic nitrogens is 2. The molecule has 0 aliphatic carbocycles. The predicted octanol–water partition coefficient (Wildman–Crippen LogP) is 1.73. The van der Waals surface area contributed by atoms with Crippen molar-refractivity contribution in [2.75, 3.05) is 12.8 Å². The minimum absolute atomic E-state index is 0.550. The van der Waals surface area contributed by atoms with Crippen LogP contribution in [0.5, 0.6) is 5.75 Å². The third kappa shape index (κ3) is 1.88. The van der Waals surface area contributed by atoms with Gasteiger partial charge in [-0.05, 0) is 12.1 Å². The zero-order valence-corrected chi connectivity index (χ0v) is 8.34. The second kappa shape index (κ2) is 3.96. The van der Waals surface area contributed by atoms with Gasteiger partial charge >= 0.3 is 0 Å². The molecule has 2 N–H and O–H groups in total. The van der Waals surface area contributed by atoms with E-state index in [1.54, 1.807) is 19.5 Å². The van der Waals surface area contributed by atoms with Gasteiger partial charge in [0.25, 0.3) is 0 Å². The highest BCUT2D eigenvalue weighted by atomic mass is 16.5. The second-order valence-electron chi connectivity index (χ2n) is 3.04. The van der Waals surface area contributed by atoms with Gasteiger partial charge in [0, 0.05) is 0 Å². The molecule has 0 radical (unpaired) electrons. The zero-order chi connectivity index (χ0) is 10.7. The van der Waals surface area contributed by atoms with Crippen molar-refractivity contribution in [3.63, 3.8) is 0 Å². The summed E-state index contributed by atoms with van der Waals surface area (Å²) in [5.41, 5.74) is 6.93. The van der Waals surface area contributed by atoms with Crippen molar-refractivity contribution in [2.24, 2.45) is 0 Å². The molecule has 0 atom stereocenters. The Bertz CT molecular complexity index is 454. The lowest BCUT2D eigenvalue weighted by Gasteiger charge is -2.06. The molecule has 0 amide bonds. The fraction of sp³-hybridized carbons (Fsp3) is 0.0909. The number of methoxy groups -OCH3 is 1. The van der Waals surface area contributed by atoms with Crippen molar-refractivity contribution in [3.8, 4) is 17.1 Å². The number of anilines is 1. The molecule has 76 valence electrons. The summed E-state index contributed by atoms with van der Waals surface area (Å²) < 4.78 is 5.22. The summed E-state index contributed by atoms with van der Waals surface area (Å²) >= 11 is 0. The molecule has 0 saturated heterocycles. The molecule has 4 nitrogen and oxygen atoms in total. The van der Waals surface area contributed by atoms with Crippen LogP contribution < -0.4 is 10.5 Å². The maximum absolute atomic E-state index is 5.52. The molecule has 2 rings (SSSR count). The van der Waals surface area contributed by atoms with E-state index in [0.29, 0.717) is 11.5 Å². The van der Waals surface area contributed by atoms with Crippen molar-refractivity contribution in [3.05, 3.63) is 36.7 Å². The van der Waals surface area contributed by atoms with Gasteiger partial charge in [0.15, 0.2) is 5.82 Å². The quantitative estimate of drug-likeness (QED) is 0.803. The Morgan fingerprint density at radius 1 is 1.13 bits per heavy atom. The van der Waals surface area contributed by atoms with E-state index < -0.39 is 0 Å². The number of hydrogen-bond donors (Lipinski definition) is 1. The molecule has 0 spiro atoms. The van der Waals surface area contributed by atoms with Crippen LogP contribution in [0.1, 0.15) is 0 Å². The van der Waals surface area contributed by atoms with Crippen LogP contribution in [-0.2, 0) is 0 Å². The number of nitrogens with two attached hydrogens (primary N) is 1. The van der Waals surface area contributed by atoms with Crippen LogP contribution in [0, 0.1) is 0 Å².